The molecule has 0 atom stereocenters. The Labute approximate surface area is 118 Å². The predicted molar refractivity (Wildman–Crippen MR) is 76.3 cm³/mol. The summed E-state index contributed by atoms with van der Waals surface area (Å²) in [6, 6.07) is 4.81. The maximum Gasteiger partial charge on any atom is 0.269 e. The van der Waals surface area contributed by atoms with E-state index in [9.17, 15) is 10.1 Å². The molecular formula is C12H13BrN4O2. The van der Waals surface area contributed by atoms with E-state index >= 15 is 0 Å². The molecule has 1 aromatic carbocycles. The van der Waals surface area contributed by atoms with Crippen LogP contribution in [0.4, 0.5) is 11.4 Å². The highest BCUT2D eigenvalue weighted by Crippen LogP contribution is 2.23. The quantitative estimate of drug-likeness (QED) is 0.677. The zero-order chi connectivity index (χ0) is 13.8. The molecule has 1 heterocycles. The first-order valence-electron chi connectivity index (χ1n) is 5.79. The van der Waals surface area contributed by atoms with Crippen molar-refractivity contribution in [2.45, 2.75) is 13.5 Å². The van der Waals surface area contributed by atoms with E-state index in [4.69, 9.17) is 0 Å². The van der Waals surface area contributed by atoms with Gasteiger partial charge in [-0.1, -0.05) is 0 Å². The van der Waals surface area contributed by atoms with E-state index in [1.54, 1.807) is 23.0 Å². The van der Waals surface area contributed by atoms with Gasteiger partial charge in [0.25, 0.3) is 5.69 Å². The molecule has 2 rings (SSSR count). The Hall–Kier alpha value is -1.89. The maximum atomic E-state index is 10.8. The number of rotatable bonds is 5. The minimum atomic E-state index is -0.391. The van der Waals surface area contributed by atoms with Gasteiger partial charge in [-0.2, -0.15) is 5.10 Å². The van der Waals surface area contributed by atoms with Gasteiger partial charge in [0.15, 0.2) is 0 Å². The first-order valence-corrected chi connectivity index (χ1v) is 6.58. The third kappa shape index (κ3) is 3.31. The number of nitro groups is 1. The van der Waals surface area contributed by atoms with Crippen LogP contribution in [-0.2, 0) is 6.54 Å². The molecule has 6 nitrogen and oxygen atoms in total. The first kappa shape index (κ1) is 13.5. The number of nitrogens with one attached hydrogen (secondary N) is 1. The Bertz CT molecular complexity index is 597. The number of anilines is 1. The van der Waals surface area contributed by atoms with Gasteiger partial charge >= 0.3 is 0 Å². The molecule has 0 saturated heterocycles. The second-order valence-corrected chi connectivity index (χ2v) is 4.90. The minimum absolute atomic E-state index is 0.0860. The molecule has 0 fully saturated rings. The number of nitro benzene ring substituents is 1. The van der Waals surface area contributed by atoms with Crippen LogP contribution in [0.5, 0.6) is 0 Å². The van der Waals surface area contributed by atoms with Crippen molar-refractivity contribution < 1.29 is 4.92 Å². The normalized spacial score (nSPS) is 10.4. The number of hydrogen-bond donors (Lipinski definition) is 1. The van der Waals surface area contributed by atoms with Gasteiger partial charge in [-0.15, -0.1) is 0 Å². The summed E-state index contributed by atoms with van der Waals surface area (Å²) in [6.07, 6.45) is 3.51. The molecule has 0 saturated carbocycles. The van der Waals surface area contributed by atoms with E-state index in [0.29, 0.717) is 6.54 Å². The Balaban J connectivity index is 2.34. The summed E-state index contributed by atoms with van der Waals surface area (Å²) in [7, 11) is 0. The second-order valence-electron chi connectivity index (χ2n) is 3.99. The van der Waals surface area contributed by atoms with Crippen molar-refractivity contribution in [1.82, 2.24) is 9.78 Å². The lowest BCUT2D eigenvalue weighted by atomic mass is 10.1. The van der Waals surface area contributed by atoms with Gasteiger partial charge in [0.1, 0.15) is 0 Å². The van der Waals surface area contributed by atoms with Crippen molar-refractivity contribution in [2.75, 3.05) is 11.9 Å². The largest absolute Gasteiger partial charge is 0.385 e. The fraction of sp³-hybridized carbons (Fsp3) is 0.250. The van der Waals surface area contributed by atoms with Gasteiger partial charge in [-0.05, 0) is 28.9 Å². The van der Waals surface area contributed by atoms with Crippen molar-refractivity contribution in [3.63, 3.8) is 0 Å². The molecule has 0 spiro atoms. The van der Waals surface area contributed by atoms with Gasteiger partial charge in [0, 0.05) is 36.1 Å². The SMILES string of the molecule is CCNc1ccc([N+](=O)[O-])cc1Cn1cc(Br)cn1. The van der Waals surface area contributed by atoms with Crippen molar-refractivity contribution in [3.8, 4) is 0 Å². The predicted octanol–water partition coefficient (Wildman–Crippen LogP) is 3.03. The van der Waals surface area contributed by atoms with Crippen LogP contribution in [0.1, 0.15) is 12.5 Å². The third-order valence-electron chi connectivity index (χ3n) is 2.60. The topological polar surface area (TPSA) is 73.0 Å². The molecule has 0 amide bonds. The van der Waals surface area contributed by atoms with Gasteiger partial charge < -0.3 is 5.32 Å². The van der Waals surface area contributed by atoms with Gasteiger partial charge in [0.05, 0.1) is 22.1 Å². The number of non-ortho nitro benzene ring substituents is 1. The summed E-state index contributed by atoms with van der Waals surface area (Å²) >= 11 is 3.33. The van der Waals surface area contributed by atoms with Crippen LogP contribution >= 0.6 is 15.9 Å². The summed E-state index contributed by atoms with van der Waals surface area (Å²) < 4.78 is 2.60. The highest BCUT2D eigenvalue weighted by molar-refractivity contribution is 9.10. The highest BCUT2D eigenvalue weighted by atomic mass is 79.9. The second kappa shape index (κ2) is 5.83. The average molecular weight is 325 g/mol. The Kier molecular flexibility index (Phi) is 4.16. The number of aromatic nitrogens is 2. The first-order chi connectivity index (χ1) is 9.10. The highest BCUT2D eigenvalue weighted by Gasteiger charge is 2.11. The average Bonchev–Trinajstić information content (AvgIpc) is 2.77. The molecular weight excluding hydrogens is 312 g/mol. The maximum absolute atomic E-state index is 10.8. The molecule has 0 bridgehead atoms. The molecule has 0 unspecified atom stereocenters. The number of benzene rings is 1. The lowest BCUT2D eigenvalue weighted by molar-refractivity contribution is -0.384. The van der Waals surface area contributed by atoms with E-state index in [0.717, 1.165) is 22.3 Å². The van der Waals surface area contributed by atoms with Crippen molar-refractivity contribution in [2.24, 2.45) is 0 Å². The molecule has 0 aliphatic carbocycles. The minimum Gasteiger partial charge on any atom is -0.385 e. The number of hydrogen-bond acceptors (Lipinski definition) is 4. The fourth-order valence-corrected chi connectivity index (χ4v) is 2.11. The Morgan fingerprint density at radius 1 is 1.53 bits per heavy atom. The van der Waals surface area contributed by atoms with E-state index in [1.165, 1.54) is 6.07 Å². The van der Waals surface area contributed by atoms with Crippen LogP contribution in [0.2, 0.25) is 0 Å². The molecule has 19 heavy (non-hydrogen) atoms. The van der Waals surface area contributed by atoms with E-state index in [2.05, 4.69) is 26.3 Å². The molecule has 1 aromatic heterocycles. The summed E-state index contributed by atoms with van der Waals surface area (Å²) in [4.78, 5) is 10.4. The molecule has 2 aromatic rings. The van der Waals surface area contributed by atoms with E-state index in [-0.39, 0.29) is 5.69 Å². The van der Waals surface area contributed by atoms with Gasteiger partial charge in [-0.3, -0.25) is 14.8 Å². The number of nitrogens with zero attached hydrogens (tertiary/aromatic N) is 3. The van der Waals surface area contributed by atoms with Gasteiger partial charge in [0.2, 0.25) is 0 Å². The Morgan fingerprint density at radius 2 is 2.32 bits per heavy atom. The van der Waals surface area contributed by atoms with Crippen molar-refractivity contribution >= 4 is 27.3 Å². The van der Waals surface area contributed by atoms with Crippen LogP contribution in [0.3, 0.4) is 0 Å². The molecule has 0 radical (unpaired) electrons. The van der Waals surface area contributed by atoms with E-state index in [1.807, 2.05) is 13.1 Å². The standard InChI is InChI=1S/C12H13BrN4O2/c1-2-14-12-4-3-11(17(18)19)5-9(12)7-16-8-10(13)6-15-16/h3-6,8,14H,2,7H2,1H3. The summed E-state index contributed by atoms with van der Waals surface area (Å²) in [5.41, 5.74) is 1.81. The molecule has 0 aliphatic heterocycles. The summed E-state index contributed by atoms with van der Waals surface area (Å²) in [6.45, 7) is 3.22. The van der Waals surface area contributed by atoms with Crippen LogP contribution in [0.25, 0.3) is 0 Å². The lowest BCUT2D eigenvalue weighted by Crippen LogP contribution is -2.06. The Morgan fingerprint density at radius 3 is 2.89 bits per heavy atom. The monoisotopic (exact) mass is 324 g/mol. The van der Waals surface area contributed by atoms with Gasteiger partial charge in [-0.25, -0.2) is 0 Å². The van der Waals surface area contributed by atoms with Crippen LogP contribution in [-0.4, -0.2) is 21.2 Å². The van der Waals surface area contributed by atoms with Crippen LogP contribution in [0, 0.1) is 10.1 Å². The summed E-state index contributed by atoms with van der Waals surface area (Å²) in [5, 5.41) is 18.2. The molecule has 7 heteroatoms. The molecule has 0 aliphatic rings. The number of halogens is 1. The van der Waals surface area contributed by atoms with E-state index < -0.39 is 4.92 Å². The lowest BCUT2D eigenvalue weighted by Gasteiger charge is -2.10. The van der Waals surface area contributed by atoms with Crippen LogP contribution in [0.15, 0.2) is 35.1 Å². The summed E-state index contributed by atoms with van der Waals surface area (Å²) in [5.74, 6) is 0. The van der Waals surface area contributed by atoms with Crippen LogP contribution < -0.4 is 5.32 Å². The fourth-order valence-electron chi connectivity index (χ4n) is 1.79. The molecule has 1 N–H and O–H groups in total. The third-order valence-corrected chi connectivity index (χ3v) is 3.01. The molecule has 100 valence electrons. The van der Waals surface area contributed by atoms with Crippen molar-refractivity contribution in [3.05, 3.63) is 50.7 Å². The smallest absolute Gasteiger partial charge is 0.269 e. The zero-order valence-electron chi connectivity index (χ0n) is 10.3. The van der Waals surface area contributed by atoms with Crippen molar-refractivity contribution in [1.29, 1.82) is 0 Å². The zero-order valence-corrected chi connectivity index (χ0v) is 11.9.